The number of aryl methyl sites for hydroxylation is 3. The SMILES string of the molecule is Cc1cccc(C)c1NC(=O)CNC(=O)c1[nH]c2c(c1C)C(=O)CCC2. The van der Waals surface area contributed by atoms with E-state index in [1.165, 1.54) is 0 Å². The maximum absolute atomic E-state index is 12.4. The van der Waals surface area contributed by atoms with Gasteiger partial charge in [0.1, 0.15) is 5.69 Å². The van der Waals surface area contributed by atoms with Crippen LogP contribution in [0, 0.1) is 20.8 Å². The van der Waals surface area contributed by atoms with Gasteiger partial charge in [0.2, 0.25) is 5.91 Å². The summed E-state index contributed by atoms with van der Waals surface area (Å²) in [6.45, 7) is 5.48. The Hall–Kier alpha value is -2.89. The van der Waals surface area contributed by atoms with E-state index in [0.717, 1.165) is 35.3 Å². The molecule has 0 unspecified atom stereocenters. The molecule has 0 aliphatic heterocycles. The van der Waals surface area contributed by atoms with Gasteiger partial charge in [-0.2, -0.15) is 0 Å². The van der Waals surface area contributed by atoms with E-state index in [2.05, 4.69) is 15.6 Å². The molecule has 3 rings (SSSR count). The van der Waals surface area contributed by atoms with Gasteiger partial charge in [-0.3, -0.25) is 14.4 Å². The number of carbonyl (C=O) groups is 3. The van der Waals surface area contributed by atoms with Crippen LogP contribution in [0.25, 0.3) is 0 Å². The number of rotatable bonds is 4. The highest BCUT2D eigenvalue weighted by Crippen LogP contribution is 2.26. The largest absolute Gasteiger partial charge is 0.354 e. The molecule has 0 saturated carbocycles. The molecular weight excluding hydrogens is 330 g/mol. The van der Waals surface area contributed by atoms with Crippen molar-refractivity contribution in [2.24, 2.45) is 0 Å². The number of fused-ring (bicyclic) bond motifs is 1. The second kappa shape index (κ2) is 7.15. The summed E-state index contributed by atoms with van der Waals surface area (Å²) in [4.78, 5) is 39.8. The molecule has 0 atom stereocenters. The first-order chi connectivity index (χ1) is 12.4. The molecule has 2 aromatic rings. The summed E-state index contributed by atoms with van der Waals surface area (Å²) < 4.78 is 0. The summed E-state index contributed by atoms with van der Waals surface area (Å²) in [7, 11) is 0. The maximum atomic E-state index is 12.4. The van der Waals surface area contributed by atoms with Crippen LogP contribution in [-0.4, -0.2) is 29.1 Å². The third-order valence-corrected chi connectivity index (χ3v) is 4.82. The molecule has 0 bridgehead atoms. The Balaban J connectivity index is 1.66. The van der Waals surface area contributed by atoms with Crippen LogP contribution in [0.2, 0.25) is 0 Å². The second-order valence-electron chi connectivity index (χ2n) is 6.75. The average Bonchev–Trinajstić information content (AvgIpc) is 2.94. The zero-order valence-corrected chi connectivity index (χ0v) is 15.3. The standard InChI is InChI=1S/C20H23N3O3/c1-11-6-4-7-12(2)18(11)23-16(25)10-21-20(26)19-13(3)17-14(22-19)8-5-9-15(17)24/h4,6-7,22H,5,8-10H2,1-3H3,(H,21,26)(H,23,25). The van der Waals surface area contributed by atoms with Gasteiger partial charge >= 0.3 is 0 Å². The first kappa shape index (κ1) is 17.9. The van der Waals surface area contributed by atoms with Gasteiger partial charge in [0.25, 0.3) is 5.91 Å². The van der Waals surface area contributed by atoms with Crippen molar-refractivity contribution < 1.29 is 14.4 Å². The van der Waals surface area contributed by atoms with Gasteiger partial charge in [-0.05, 0) is 50.3 Å². The quantitative estimate of drug-likeness (QED) is 0.789. The Bertz CT molecular complexity index is 876. The Labute approximate surface area is 152 Å². The van der Waals surface area contributed by atoms with Crippen molar-refractivity contribution in [2.45, 2.75) is 40.0 Å². The summed E-state index contributed by atoms with van der Waals surface area (Å²) >= 11 is 0. The number of carbonyl (C=O) groups excluding carboxylic acids is 3. The van der Waals surface area contributed by atoms with E-state index < -0.39 is 0 Å². The van der Waals surface area contributed by atoms with Crippen LogP contribution >= 0.6 is 0 Å². The topological polar surface area (TPSA) is 91.1 Å². The molecule has 0 spiro atoms. The van der Waals surface area contributed by atoms with Gasteiger partial charge in [-0.25, -0.2) is 0 Å². The van der Waals surface area contributed by atoms with Crippen LogP contribution in [-0.2, 0) is 11.2 Å². The van der Waals surface area contributed by atoms with Crippen molar-refractivity contribution in [1.82, 2.24) is 10.3 Å². The van der Waals surface area contributed by atoms with Crippen molar-refractivity contribution >= 4 is 23.3 Å². The lowest BCUT2D eigenvalue weighted by Gasteiger charge is -2.12. The lowest BCUT2D eigenvalue weighted by molar-refractivity contribution is -0.115. The number of hydrogen-bond donors (Lipinski definition) is 3. The van der Waals surface area contributed by atoms with E-state index in [4.69, 9.17) is 0 Å². The highest BCUT2D eigenvalue weighted by Gasteiger charge is 2.26. The number of hydrogen-bond acceptors (Lipinski definition) is 3. The van der Waals surface area contributed by atoms with Gasteiger partial charge in [-0.15, -0.1) is 0 Å². The van der Waals surface area contributed by atoms with Crippen molar-refractivity contribution in [3.63, 3.8) is 0 Å². The number of anilines is 1. The van der Waals surface area contributed by atoms with Crippen LogP contribution in [0.1, 0.15) is 56.1 Å². The molecule has 0 fully saturated rings. The number of ketones is 1. The first-order valence-corrected chi connectivity index (χ1v) is 8.77. The lowest BCUT2D eigenvalue weighted by atomic mass is 9.94. The Morgan fingerprint density at radius 3 is 2.46 bits per heavy atom. The normalized spacial score (nSPS) is 13.3. The van der Waals surface area contributed by atoms with Gasteiger partial charge < -0.3 is 15.6 Å². The summed E-state index contributed by atoms with van der Waals surface area (Å²) in [6.07, 6.45) is 2.08. The predicted molar refractivity (Wildman–Crippen MR) is 99.7 cm³/mol. The summed E-state index contributed by atoms with van der Waals surface area (Å²) in [6, 6.07) is 5.77. The molecule has 0 radical (unpaired) electrons. The predicted octanol–water partition coefficient (Wildman–Crippen LogP) is 2.83. The van der Waals surface area contributed by atoms with E-state index in [1.54, 1.807) is 6.92 Å². The molecular formula is C20H23N3O3. The van der Waals surface area contributed by atoms with E-state index in [9.17, 15) is 14.4 Å². The molecule has 1 heterocycles. The number of Topliss-reactive ketones (excluding diaryl/α,β-unsaturated/α-hetero) is 1. The fourth-order valence-electron chi connectivity index (χ4n) is 3.45. The molecule has 6 nitrogen and oxygen atoms in total. The molecule has 6 heteroatoms. The van der Waals surface area contributed by atoms with Gasteiger partial charge in [-0.1, -0.05) is 18.2 Å². The Morgan fingerprint density at radius 1 is 1.12 bits per heavy atom. The van der Waals surface area contributed by atoms with Crippen molar-refractivity contribution in [2.75, 3.05) is 11.9 Å². The van der Waals surface area contributed by atoms with Crippen LogP contribution < -0.4 is 10.6 Å². The van der Waals surface area contributed by atoms with Crippen molar-refractivity contribution in [1.29, 1.82) is 0 Å². The van der Waals surface area contributed by atoms with E-state index in [1.807, 2.05) is 32.0 Å². The van der Waals surface area contributed by atoms with Crippen LogP contribution in [0.5, 0.6) is 0 Å². The van der Waals surface area contributed by atoms with Gasteiger partial charge in [0.15, 0.2) is 5.78 Å². The number of aromatic nitrogens is 1. The van der Waals surface area contributed by atoms with Crippen molar-refractivity contribution in [3.8, 4) is 0 Å². The van der Waals surface area contributed by atoms with E-state index in [0.29, 0.717) is 23.2 Å². The molecule has 1 aromatic heterocycles. The molecule has 1 aromatic carbocycles. The Morgan fingerprint density at radius 2 is 1.81 bits per heavy atom. The summed E-state index contributed by atoms with van der Waals surface area (Å²) in [5.74, 6) is -0.589. The Kier molecular flexibility index (Phi) is 4.93. The number of H-pyrrole nitrogens is 1. The van der Waals surface area contributed by atoms with E-state index >= 15 is 0 Å². The molecule has 1 aliphatic carbocycles. The summed E-state index contributed by atoms with van der Waals surface area (Å²) in [5.41, 5.74) is 5.20. The second-order valence-corrected chi connectivity index (χ2v) is 6.75. The minimum Gasteiger partial charge on any atom is -0.354 e. The number of para-hydroxylation sites is 1. The minimum atomic E-state index is -0.374. The van der Waals surface area contributed by atoms with Crippen LogP contribution in [0.15, 0.2) is 18.2 Å². The molecule has 0 saturated heterocycles. The number of benzene rings is 1. The van der Waals surface area contributed by atoms with Gasteiger partial charge in [0.05, 0.1) is 6.54 Å². The molecule has 26 heavy (non-hydrogen) atoms. The average molecular weight is 353 g/mol. The zero-order valence-electron chi connectivity index (χ0n) is 15.3. The fraction of sp³-hybridized carbons (Fsp3) is 0.350. The van der Waals surface area contributed by atoms with Crippen LogP contribution in [0.3, 0.4) is 0 Å². The lowest BCUT2D eigenvalue weighted by Crippen LogP contribution is -2.33. The number of amides is 2. The smallest absolute Gasteiger partial charge is 0.268 e. The van der Waals surface area contributed by atoms with Gasteiger partial charge in [0, 0.05) is 23.4 Å². The molecule has 136 valence electrons. The highest BCUT2D eigenvalue weighted by atomic mass is 16.2. The third kappa shape index (κ3) is 3.40. The maximum Gasteiger partial charge on any atom is 0.268 e. The van der Waals surface area contributed by atoms with Crippen molar-refractivity contribution in [3.05, 3.63) is 51.8 Å². The monoisotopic (exact) mass is 353 g/mol. The molecule has 1 aliphatic rings. The molecule has 3 N–H and O–H groups in total. The zero-order chi connectivity index (χ0) is 18.8. The molecule has 2 amide bonds. The van der Waals surface area contributed by atoms with E-state index in [-0.39, 0.29) is 24.1 Å². The third-order valence-electron chi connectivity index (χ3n) is 4.82. The fourth-order valence-corrected chi connectivity index (χ4v) is 3.45. The first-order valence-electron chi connectivity index (χ1n) is 8.77. The number of nitrogens with one attached hydrogen (secondary N) is 3. The van der Waals surface area contributed by atoms with Crippen LogP contribution in [0.4, 0.5) is 5.69 Å². The minimum absolute atomic E-state index is 0.0758. The highest BCUT2D eigenvalue weighted by molar-refractivity contribution is 6.05. The number of aromatic amines is 1. The summed E-state index contributed by atoms with van der Waals surface area (Å²) in [5, 5.41) is 5.47.